The Morgan fingerprint density at radius 1 is 1.07 bits per heavy atom. The number of hydrogen-bond donors (Lipinski definition) is 1. The number of aromatic nitrogens is 2. The van der Waals surface area contributed by atoms with Crippen LogP contribution in [0.3, 0.4) is 0 Å². The number of non-ortho nitro benzene ring substituents is 1. The highest BCUT2D eigenvalue weighted by Gasteiger charge is 2.26. The van der Waals surface area contributed by atoms with Crippen molar-refractivity contribution in [2.24, 2.45) is 5.92 Å². The van der Waals surface area contributed by atoms with Gasteiger partial charge in [0.05, 0.1) is 10.4 Å². The third kappa shape index (κ3) is 3.62. The fraction of sp³-hybridized carbons (Fsp3) is 0.250. The van der Waals surface area contributed by atoms with Gasteiger partial charge in [0.1, 0.15) is 12.1 Å². The molecule has 2 heterocycles. The largest absolute Gasteiger partial charge is 0.356 e. The van der Waals surface area contributed by atoms with Crippen LogP contribution in [0.5, 0.6) is 0 Å². The van der Waals surface area contributed by atoms with Crippen LogP contribution in [0.25, 0.3) is 10.9 Å². The van der Waals surface area contributed by atoms with E-state index in [4.69, 9.17) is 0 Å². The number of rotatable bonds is 4. The van der Waals surface area contributed by atoms with Gasteiger partial charge in [0.25, 0.3) is 5.69 Å². The molecule has 2 aromatic carbocycles. The van der Waals surface area contributed by atoms with Crippen molar-refractivity contribution in [2.45, 2.75) is 12.8 Å². The first-order valence-electron chi connectivity index (χ1n) is 9.12. The first-order valence-corrected chi connectivity index (χ1v) is 9.12. The van der Waals surface area contributed by atoms with E-state index >= 15 is 0 Å². The first kappa shape index (κ1) is 17.8. The van der Waals surface area contributed by atoms with E-state index in [2.05, 4.69) is 20.2 Å². The highest BCUT2D eigenvalue weighted by molar-refractivity contribution is 5.93. The lowest BCUT2D eigenvalue weighted by Crippen LogP contribution is -2.38. The normalized spacial score (nSPS) is 14.8. The maximum Gasteiger partial charge on any atom is 0.269 e. The van der Waals surface area contributed by atoms with E-state index < -0.39 is 4.92 Å². The molecule has 0 unspecified atom stereocenters. The molecule has 28 heavy (non-hydrogen) atoms. The van der Waals surface area contributed by atoms with Gasteiger partial charge in [-0.2, -0.15) is 0 Å². The summed E-state index contributed by atoms with van der Waals surface area (Å²) in [7, 11) is 0. The van der Waals surface area contributed by atoms with Gasteiger partial charge in [-0.05, 0) is 37.1 Å². The molecule has 0 radical (unpaired) electrons. The summed E-state index contributed by atoms with van der Waals surface area (Å²) in [6, 6.07) is 13.8. The molecule has 1 N–H and O–H groups in total. The summed E-state index contributed by atoms with van der Waals surface area (Å²) in [4.78, 5) is 33.8. The summed E-state index contributed by atoms with van der Waals surface area (Å²) in [5.41, 5.74) is 1.48. The standard InChI is InChI=1S/C20H19N5O3/c26-20(23-15-5-7-16(8-6-15)25(27)28)14-9-11-24(12-10-14)19-17-3-1-2-4-18(17)21-13-22-19/h1-8,13-14H,9-12H2,(H,23,26). The van der Waals surface area contributed by atoms with E-state index in [1.807, 2.05) is 24.3 Å². The predicted octanol–water partition coefficient (Wildman–Crippen LogP) is 3.39. The highest BCUT2D eigenvalue weighted by Crippen LogP contribution is 2.28. The maximum absolute atomic E-state index is 12.6. The number of benzene rings is 2. The number of hydrogen-bond acceptors (Lipinski definition) is 6. The molecule has 4 rings (SSSR count). The van der Waals surface area contributed by atoms with Crippen molar-refractivity contribution in [2.75, 3.05) is 23.3 Å². The van der Waals surface area contributed by atoms with Crippen molar-refractivity contribution in [3.63, 3.8) is 0 Å². The van der Waals surface area contributed by atoms with Crippen molar-refractivity contribution in [1.82, 2.24) is 9.97 Å². The maximum atomic E-state index is 12.6. The molecule has 3 aromatic rings. The number of nitrogens with zero attached hydrogens (tertiary/aromatic N) is 4. The Kier molecular flexibility index (Phi) is 4.84. The lowest BCUT2D eigenvalue weighted by molar-refractivity contribution is -0.384. The lowest BCUT2D eigenvalue weighted by Gasteiger charge is -2.32. The van der Waals surface area contributed by atoms with Gasteiger partial charge >= 0.3 is 0 Å². The van der Waals surface area contributed by atoms with Gasteiger partial charge in [0.15, 0.2) is 0 Å². The van der Waals surface area contributed by atoms with Crippen LogP contribution >= 0.6 is 0 Å². The number of nitro groups is 1. The van der Waals surface area contributed by atoms with Gasteiger partial charge in [-0.15, -0.1) is 0 Å². The van der Waals surface area contributed by atoms with Crippen molar-refractivity contribution in [1.29, 1.82) is 0 Å². The SMILES string of the molecule is O=C(Nc1ccc([N+](=O)[O-])cc1)C1CCN(c2ncnc3ccccc23)CC1. The Morgan fingerprint density at radius 2 is 1.79 bits per heavy atom. The fourth-order valence-electron chi connectivity index (χ4n) is 3.51. The third-order valence-corrected chi connectivity index (χ3v) is 5.03. The smallest absolute Gasteiger partial charge is 0.269 e. The molecular formula is C20H19N5O3. The van der Waals surface area contributed by atoms with E-state index in [-0.39, 0.29) is 17.5 Å². The number of para-hydroxylation sites is 1. The zero-order chi connectivity index (χ0) is 19.5. The number of nitro benzene ring substituents is 1. The van der Waals surface area contributed by atoms with Gasteiger partial charge < -0.3 is 10.2 Å². The second kappa shape index (κ2) is 7.59. The molecule has 0 bridgehead atoms. The summed E-state index contributed by atoms with van der Waals surface area (Å²) in [6.45, 7) is 1.47. The second-order valence-corrected chi connectivity index (χ2v) is 6.77. The number of fused-ring (bicyclic) bond motifs is 1. The van der Waals surface area contributed by atoms with Crippen molar-refractivity contribution in [3.8, 4) is 0 Å². The second-order valence-electron chi connectivity index (χ2n) is 6.77. The molecule has 8 nitrogen and oxygen atoms in total. The minimum absolute atomic E-state index is 0.00313. The molecule has 0 saturated carbocycles. The van der Waals surface area contributed by atoms with Crippen LogP contribution in [0.15, 0.2) is 54.9 Å². The predicted molar refractivity (Wildman–Crippen MR) is 106 cm³/mol. The Hall–Kier alpha value is -3.55. The molecule has 0 spiro atoms. The lowest BCUT2D eigenvalue weighted by atomic mass is 9.95. The van der Waals surface area contributed by atoms with Crippen molar-refractivity contribution in [3.05, 3.63) is 65.0 Å². The minimum atomic E-state index is -0.460. The fourth-order valence-corrected chi connectivity index (χ4v) is 3.51. The van der Waals surface area contributed by atoms with E-state index in [9.17, 15) is 14.9 Å². The number of nitrogens with one attached hydrogen (secondary N) is 1. The molecule has 0 aliphatic carbocycles. The van der Waals surface area contributed by atoms with Gasteiger partial charge in [-0.25, -0.2) is 9.97 Å². The average molecular weight is 377 g/mol. The van der Waals surface area contributed by atoms with Gasteiger partial charge in [-0.1, -0.05) is 12.1 Å². The Bertz CT molecular complexity index is 1010. The molecule has 8 heteroatoms. The molecule has 1 aromatic heterocycles. The van der Waals surface area contributed by atoms with Crippen LogP contribution in [0, 0.1) is 16.0 Å². The van der Waals surface area contributed by atoms with E-state index in [1.54, 1.807) is 18.5 Å². The number of carbonyl (C=O) groups excluding carboxylic acids is 1. The van der Waals surface area contributed by atoms with Crippen molar-refractivity contribution >= 4 is 34.0 Å². The molecule has 0 atom stereocenters. The van der Waals surface area contributed by atoms with Gasteiger partial charge in [0, 0.05) is 42.2 Å². The Labute approximate surface area is 161 Å². The quantitative estimate of drug-likeness (QED) is 0.552. The summed E-state index contributed by atoms with van der Waals surface area (Å²) in [5, 5.41) is 14.6. The van der Waals surface area contributed by atoms with Crippen LogP contribution < -0.4 is 10.2 Å². The first-order chi connectivity index (χ1) is 13.6. The number of carbonyl (C=O) groups is 1. The summed E-state index contributed by atoms with van der Waals surface area (Å²) in [5.74, 6) is 0.750. The molecule has 142 valence electrons. The molecule has 1 amide bonds. The van der Waals surface area contributed by atoms with Crippen LogP contribution in [0.1, 0.15) is 12.8 Å². The number of piperidine rings is 1. The zero-order valence-electron chi connectivity index (χ0n) is 15.1. The summed E-state index contributed by atoms with van der Waals surface area (Å²) < 4.78 is 0. The van der Waals surface area contributed by atoms with E-state index in [1.165, 1.54) is 12.1 Å². The van der Waals surface area contributed by atoms with Crippen molar-refractivity contribution < 1.29 is 9.72 Å². The number of anilines is 2. The highest BCUT2D eigenvalue weighted by atomic mass is 16.6. The summed E-state index contributed by atoms with van der Waals surface area (Å²) in [6.07, 6.45) is 3.01. The monoisotopic (exact) mass is 377 g/mol. The topological polar surface area (TPSA) is 101 Å². The molecule has 1 saturated heterocycles. The van der Waals surface area contributed by atoms with E-state index in [0.717, 1.165) is 42.7 Å². The van der Waals surface area contributed by atoms with Crippen LogP contribution in [-0.2, 0) is 4.79 Å². The van der Waals surface area contributed by atoms with Crippen LogP contribution in [-0.4, -0.2) is 33.9 Å². The molecule has 1 fully saturated rings. The van der Waals surface area contributed by atoms with Gasteiger partial charge in [-0.3, -0.25) is 14.9 Å². The molecule has 1 aliphatic heterocycles. The zero-order valence-corrected chi connectivity index (χ0v) is 15.1. The average Bonchev–Trinajstić information content (AvgIpc) is 2.74. The number of amides is 1. The van der Waals surface area contributed by atoms with Gasteiger partial charge in [0.2, 0.25) is 5.91 Å². The third-order valence-electron chi connectivity index (χ3n) is 5.03. The van der Waals surface area contributed by atoms with E-state index in [0.29, 0.717) is 5.69 Å². The summed E-state index contributed by atoms with van der Waals surface area (Å²) >= 11 is 0. The molecule has 1 aliphatic rings. The molecular weight excluding hydrogens is 358 g/mol. The Balaban J connectivity index is 1.39. The Morgan fingerprint density at radius 3 is 2.50 bits per heavy atom. The van der Waals surface area contributed by atoms with Crippen LogP contribution in [0.2, 0.25) is 0 Å². The minimum Gasteiger partial charge on any atom is -0.356 e. The van der Waals surface area contributed by atoms with Crippen LogP contribution in [0.4, 0.5) is 17.2 Å².